The van der Waals surface area contributed by atoms with E-state index in [4.69, 9.17) is 6.42 Å². The molecule has 0 N–H and O–H groups in total. The number of hydrogen-bond acceptors (Lipinski definition) is 4. The zero-order valence-electron chi connectivity index (χ0n) is 13.6. The van der Waals surface area contributed by atoms with Gasteiger partial charge in [0.2, 0.25) is 0 Å². The minimum atomic E-state index is 0.763. The molecular formula is C21H14N4. The lowest BCUT2D eigenvalue weighted by molar-refractivity contribution is 1.16. The first-order chi connectivity index (χ1) is 12.3. The maximum Gasteiger partial charge on any atom is 0.116 e. The van der Waals surface area contributed by atoms with Crippen molar-refractivity contribution in [3.05, 3.63) is 72.4 Å². The van der Waals surface area contributed by atoms with E-state index in [1.54, 1.807) is 18.7 Å². The molecule has 0 amide bonds. The van der Waals surface area contributed by atoms with E-state index in [0.29, 0.717) is 0 Å². The minimum Gasteiger partial charge on any atom is -0.261 e. The van der Waals surface area contributed by atoms with Gasteiger partial charge in [-0.15, -0.1) is 6.42 Å². The van der Waals surface area contributed by atoms with E-state index in [2.05, 4.69) is 25.9 Å². The third kappa shape index (κ3) is 2.73. The predicted molar refractivity (Wildman–Crippen MR) is 98.7 cm³/mol. The largest absolute Gasteiger partial charge is 0.261 e. The molecule has 0 saturated carbocycles. The number of fused-ring (bicyclic) bond motifs is 1. The van der Waals surface area contributed by atoms with Gasteiger partial charge in [0, 0.05) is 34.6 Å². The number of rotatable bonds is 2. The van der Waals surface area contributed by atoms with E-state index in [-0.39, 0.29) is 0 Å². The van der Waals surface area contributed by atoms with Gasteiger partial charge in [-0.3, -0.25) is 9.97 Å². The van der Waals surface area contributed by atoms with Crippen LogP contribution in [0.3, 0.4) is 0 Å². The summed E-state index contributed by atoms with van der Waals surface area (Å²) in [6.45, 7) is 1.94. The molecular weight excluding hydrogens is 308 g/mol. The molecule has 0 fully saturated rings. The highest BCUT2D eigenvalue weighted by Crippen LogP contribution is 2.32. The van der Waals surface area contributed by atoms with Gasteiger partial charge < -0.3 is 0 Å². The Bertz CT molecular complexity index is 1130. The molecule has 3 heterocycles. The molecule has 4 heteroatoms. The van der Waals surface area contributed by atoms with Crippen molar-refractivity contribution in [2.24, 2.45) is 0 Å². The van der Waals surface area contributed by atoms with Crippen LogP contribution in [0.15, 0.2) is 61.2 Å². The fourth-order valence-electron chi connectivity index (χ4n) is 2.85. The Morgan fingerprint density at radius 2 is 1.84 bits per heavy atom. The maximum absolute atomic E-state index is 5.54. The van der Waals surface area contributed by atoms with Gasteiger partial charge in [0.15, 0.2) is 0 Å². The molecule has 4 rings (SSSR count). The molecule has 0 saturated heterocycles. The van der Waals surface area contributed by atoms with Crippen LogP contribution in [0.1, 0.15) is 11.3 Å². The summed E-state index contributed by atoms with van der Waals surface area (Å²) in [4.78, 5) is 17.8. The second kappa shape index (κ2) is 6.14. The van der Waals surface area contributed by atoms with Crippen LogP contribution in [0.2, 0.25) is 0 Å². The summed E-state index contributed by atoms with van der Waals surface area (Å²) < 4.78 is 0. The van der Waals surface area contributed by atoms with Gasteiger partial charge in [-0.25, -0.2) is 9.97 Å². The molecule has 0 spiro atoms. The lowest BCUT2D eigenvalue weighted by atomic mass is 9.99. The lowest BCUT2D eigenvalue weighted by Gasteiger charge is -2.10. The zero-order chi connectivity index (χ0) is 17.2. The highest BCUT2D eigenvalue weighted by atomic mass is 14.9. The Hall–Kier alpha value is -3.58. The highest BCUT2D eigenvalue weighted by Gasteiger charge is 2.14. The van der Waals surface area contributed by atoms with Crippen molar-refractivity contribution >= 4 is 10.9 Å². The average molecular weight is 322 g/mol. The molecule has 4 aromatic rings. The van der Waals surface area contributed by atoms with Gasteiger partial charge in [-0.2, -0.15) is 0 Å². The van der Waals surface area contributed by atoms with E-state index in [0.717, 1.165) is 44.7 Å². The Morgan fingerprint density at radius 1 is 0.920 bits per heavy atom. The second-order valence-corrected chi connectivity index (χ2v) is 5.69. The third-order valence-corrected chi connectivity index (χ3v) is 4.03. The van der Waals surface area contributed by atoms with Gasteiger partial charge in [-0.05, 0) is 36.8 Å². The van der Waals surface area contributed by atoms with Gasteiger partial charge >= 0.3 is 0 Å². The normalized spacial score (nSPS) is 10.6. The summed E-state index contributed by atoms with van der Waals surface area (Å²) in [6.07, 6.45) is 10.7. The Kier molecular flexibility index (Phi) is 3.68. The summed E-state index contributed by atoms with van der Waals surface area (Å²) in [7, 11) is 0. The fraction of sp³-hybridized carbons (Fsp3) is 0.0476. The first-order valence-corrected chi connectivity index (χ1v) is 7.86. The Morgan fingerprint density at radius 3 is 2.72 bits per heavy atom. The highest BCUT2D eigenvalue weighted by molar-refractivity contribution is 5.94. The molecule has 3 aromatic heterocycles. The summed E-state index contributed by atoms with van der Waals surface area (Å²) in [6, 6.07) is 13.7. The SMILES string of the molecule is C#Cc1cccc(-c2cccnc2-c2ncnc3cc(C)ncc23)c1. The van der Waals surface area contributed by atoms with Crippen LogP contribution in [0, 0.1) is 19.3 Å². The summed E-state index contributed by atoms with van der Waals surface area (Å²) in [5, 5.41) is 0.876. The number of aromatic nitrogens is 4. The minimum absolute atomic E-state index is 0.763. The van der Waals surface area contributed by atoms with Crippen LogP contribution < -0.4 is 0 Å². The fourth-order valence-corrected chi connectivity index (χ4v) is 2.85. The zero-order valence-corrected chi connectivity index (χ0v) is 13.6. The number of pyridine rings is 2. The third-order valence-electron chi connectivity index (χ3n) is 4.03. The van der Waals surface area contributed by atoms with Crippen LogP contribution in [0.5, 0.6) is 0 Å². The van der Waals surface area contributed by atoms with Crippen molar-refractivity contribution in [2.45, 2.75) is 6.92 Å². The van der Waals surface area contributed by atoms with Crippen LogP contribution in [0.4, 0.5) is 0 Å². The lowest BCUT2D eigenvalue weighted by Crippen LogP contribution is -1.95. The Balaban J connectivity index is 1.98. The average Bonchev–Trinajstić information content (AvgIpc) is 2.67. The van der Waals surface area contributed by atoms with Gasteiger partial charge in [0.1, 0.15) is 12.0 Å². The van der Waals surface area contributed by atoms with Crippen LogP contribution in [-0.2, 0) is 0 Å². The van der Waals surface area contributed by atoms with Gasteiger partial charge in [0.05, 0.1) is 11.2 Å². The molecule has 4 nitrogen and oxygen atoms in total. The first-order valence-electron chi connectivity index (χ1n) is 7.86. The van der Waals surface area contributed by atoms with Gasteiger partial charge in [0.25, 0.3) is 0 Å². The summed E-state index contributed by atoms with van der Waals surface area (Å²) in [5.41, 5.74) is 6.13. The van der Waals surface area contributed by atoms with E-state index in [1.165, 1.54) is 0 Å². The van der Waals surface area contributed by atoms with Crippen molar-refractivity contribution in [1.82, 2.24) is 19.9 Å². The topological polar surface area (TPSA) is 51.6 Å². The molecule has 0 atom stereocenters. The van der Waals surface area contributed by atoms with Crippen molar-refractivity contribution in [1.29, 1.82) is 0 Å². The van der Waals surface area contributed by atoms with Crippen molar-refractivity contribution in [3.63, 3.8) is 0 Å². The van der Waals surface area contributed by atoms with Crippen LogP contribution in [-0.4, -0.2) is 19.9 Å². The summed E-state index contributed by atoms with van der Waals surface area (Å²) >= 11 is 0. The maximum atomic E-state index is 5.54. The van der Waals surface area contributed by atoms with Crippen LogP contribution in [0.25, 0.3) is 33.4 Å². The quantitative estimate of drug-likeness (QED) is 0.523. The molecule has 118 valence electrons. The molecule has 0 radical (unpaired) electrons. The molecule has 0 aliphatic carbocycles. The van der Waals surface area contributed by atoms with Crippen molar-refractivity contribution in [2.75, 3.05) is 0 Å². The number of benzene rings is 1. The number of terminal acetylenes is 1. The van der Waals surface area contributed by atoms with Gasteiger partial charge in [-0.1, -0.05) is 24.1 Å². The molecule has 0 unspecified atom stereocenters. The molecule has 1 aromatic carbocycles. The molecule has 0 bridgehead atoms. The first kappa shape index (κ1) is 15.0. The molecule has 25 heavy (non-hydrogen) atoms. The van der Waals surface area contributed by atoms with E-state index < -0.39 is 0 Å². The van der Waals surface area contributed by atoms with Crippen LogP contribution >= 0.6 is 0 Å². The number of hydrogen-bond donors (Lipinski definition) is 0. The van der Waals surface area contributed by atoms with Crippen molar-refractivity contribution < 1.29 is 0 Å². The molecule has 0 aliphatic heterocycles. The van der Waals surface area contributed by atoms with Crippen molar-refractivity contribution in [3.8, 4) is 34.9 Å². The standard InChI is InChI=1S/C21H14N4/c1-3-15-6-4-7-16(11-15)17-8-5-9-22-20(17)21-18-12-23-14(2)10-19(18)24-13-25-21/h1,4-13H,2H3. The predicted octanol–water partition coefficient (Wildman–Crippen LogP) is 4.04. The van der Waals surface area contributed by atoms with E-state index >= 15 is 0 Å². The number of aryl methyl sites for hydroxylation is 1. The number of nitrogens with zero attached hydrogens (tertiary/aromatic N) is 4. The molecule has 0 aliphatic rings. The second-order valence-electron chi connectivity index (χ2n) is 5.69. The smallest absolute Gasteiger partial charge is 0.116 e. The van der Waals surface area contributed by atoms with E-state index in [1.807, 2.05) is 49.4 Å². The summed E-state index contributed by atoms with van der Waals surface area (Å²) in [5.74, 6) is 2.68. The monoisotopic (exact) mass is 322 g/mol. The Labute approximate surface area is 145 Å². The van der Waals surface area contributed by atoms with E-state index in [9.17, 15) is 0 Å².